The van der Waals surface area contributed by atoms with E-state index in [1.807, 2.05) is 54.6 Å². The minimum absolute atomic E-state index is 0.0383. The fourth-order valence-corrected chi connectivity index (χ4v) is 5.25. The number of carbonyl (C=O) groups excluding carboxylic acids is 2. The molecule has 0 bridgehead atoms. The molecule has 172 valence electrons. The van der Waals surface area contributed by atoms with Crippen LogP contribution in [-0.4, -0.2) is 31.1 Å². The number of rotatable bonds is 3. The molecule has 0 saturated carbocycles. The van der Waals surface area contributed by atoms with Gasteiger partial charge in [-0.3, -0.25) is 9.69 Å². The first-order valence-electron chi connectivity index (χ1n) is 11.8. The Kier molecular flexibility index (Phi) is 5.71. The number of nitrogens with zero attached hydrogens (tertiary/aromatic N) is 1. The number of hydrogen-bond donors (Lipinski definition) is 2. The zero-order chi connectivity index (χ0) is 23.0. The number of ketones is 1. The summed E-state index contributed by atoms with van der Waals surface area (Å²) >= 11 is 0. The average Bonchev–Trinajstić information content (AvgIpc) is 3.26. The Morgan fingerprint density at radius 1 is 1.12 bits per heavy atom. The second-order valence-corrected chi connectivity index (χ2v) is 9.98. The molecule has 0 radical (unpaired) electrons. The lowest BCUT2D eigenvalue weighted by Crippen LogP contribution is -2.46. The molecule has 2 unspecified atom stereocenters. The number of nitrogens with one attached hydrogen (secondary N) is 2. The summed E-state index contributed by atoms with van der Waals surface area (Å²) in [7, 11) is 0. The molecule has 1 saturated heterocycles. The minimum atomic E-state index is -0.509. The lowest BCUT2D eigenvalue weighted by Gasteiger charge is -2.37. The van der Waals surface area contributed by atoms with E-state index in [0.29, 0.717) is 18.5 Å². The summed E-state index contributed by atoms with van der Waals surface area (Å²) in [6, 6.07) is 16.9. The number of allylic oxidation sites excluding steroid dienone is 1. The number of carbonyl (C=O) groups is 2. The predicted molar refractivity (Wildman–Crippen MR) is 129 cm³/mol. The van der Waals surface area contributed by atoms with Crippen LogP contribution >= 0.6 is 0 Å². The quantitative estimate of drug-likeness (QED) is 0.682. The normalized spacial score (nSPS) is 23.9. The highest BCUT2D eigenvalue weighted by Gasteiger charge is 2.43. The third-order valence-electron chi connectivity index (χ3n) is 6.74. The molecule has 2 N–H and O–H groups in total. The molecule has 5 rings (SSSR count). The summed E-state index contributed by atoms with van der Waals surface area (Å²) in [6.45, 7) is 5.44. The maximum Gasteiger partial charge on any atom is 0.322 e. The topological polar surface area (TPSA) is 70.7 Å². The van der Waals surface area contributed by atoms with Crippen LogP contribution in [0, 0.1) is 5.41 Å². The van der Waals surface area contributed by atoms with Crippen molar-refractivity contribution >= 4 is 23.2 Å². The number of benzene rings is 2. The number of urea groups is 1. The lowest BCUT2D eigenvalue weighted by atomic mass is 9.73. The van der Waals surface area contributed by atoms with Crippen molar-refractivity contribution in [2.75, 3.05) is 23.4 Å². The first kappa shape index (κ1) is 21.7. The maximum absolute atomic E-state index is 13.8. The Morgan fingerprint density at radius 2 is 1.88 bits per heavy atom. The Labute approximate surface area is 195 Å². The van der Waals surface area contributed by atoms with Crippen LogP contribution in [0.15, 0.2) is 65.9 Å². The van der Waals surface area contributed by atoms with Gasteiger partial charge >= 0.3 is 6.03 Å². The van der Waals surface area contributed by atoms with Crippen LogP contribution in [0.3, 0.4) is 0 Å². The van der Waals surface area contributed by atoms with Gasteiger partial charge in [-0.15, -0.1) is 0 Å². The second-order valence-electron chi connectivity index (χ2n) is 9.98. The van der Waals surface area contributed by atoms with Crippen molar-refractivity contribution in [2.24, 2.45) is 5.41 Å². The molecule has 2 atom stereocenters. The molecule has 2 aromatic rings. The highest BCUT2D eigenvalue weighted by atomic mass is 16.5. The third-order valence-corrected chi connectivity index (χ3v) is 6.74. The number of Topliss-reactive ketones (excluding diaryl/α,β-unsaturated/α-hetero) is 1. The lowest BCUT2D eigenvalue weighted by molar-refractivity contribution is -0.118. The van der Waals surface area contributed by atoms with Crippen LogP contribution in [-0.2, 0) is 9.53 Å². The molecule has 2 aliphatic heterocycles. The van der Waals surface area contributed by atoms with E-state index in [1.165, 1.54) is 0 Å². The van der Waals surface area contributed by atoms with Crippen LogP contribution in [0.5, 0.6) is 0 Å². The Hall–Kier alpha value is -3.12. The van der Waals surface area contributed by atoms with E-state index in [2.05, 4.69) is 24.5 Å². The van der Waals surface area contributed by atoms with Gasteiger partial charge in [0.1, 0.15) is 0 Å². The van der Waals surface area contributed by atoms with E-state index in [0.717, 1.165) is 48.5 Å². The molecule has 1 aliphatic carbocycles. The largest absolute Gasteiger partial charge is 0.376 e. The zero-order valence-corrected chi connectivity index (χ0v) is 19.3. The van der Waals surface area contributed by atoms with Gasteiger partial charge in [0.2, 0.25) is 0 Å². The Balaban J connectivity index is 1.63. The molecule has 6 heteroatoms. The zero-order valence-electron chi connectivity index (χ0n) is 19.3. The minimum Gasteiger partial charge on any atom is -0.376 e. The Bertz CT molecular complexity index is 1090. The molecule has 2 amide bonds. The molecule has 1 fully saturated rings. The van der Waals surface area contributed by atoms with E-state index >= 15 is 0 Å². The van der Waals surface area contributed by atoms with Crippen molar-refractivity contribution < 1.29 is 14.3 Å². The Morgan fingerprint density at radius 3 is 2.64 bits per heavy atom. The van der Waals surface area contributed by atoms with E-state index < -0.39 is 6.04 Å². The number of ether oxygens (including phenoxy) is 1. The highest BCUT2D eigenvalue weighted by molar-refractivity contribution is 6.06. The summed E-state index contributed by atoms with van der Waals surface area (Å²) in [6.07, 6.45) is 3.21. The van der Waals surface area contributed by atoms with Crippen LogP contribution in [0.4, 0.5) is 16.2 Å². The van der Waals surface area contributed by atoms with Crippen LogP contribution < -0.4 is 15.5 Å². The fourth-order valence-electron chi connectivity index (χ4n) is 5.25. The van der Waals surface area contributed by atoms with Gasteiger partial charge in [-0.2, -0.15) is 0 Å². The molecule has 2 heterocycles. The number of para-hydroxylation sites is 2. The van der Waals surface area contributed by atoms with Gasteiger partial charge < -0.3 is 15.4 Å². The van der Waals surface area contributed by atoms with Gasteiger partial charge in [0.25, 0.3) is 0 Å². The number of hydrogen-bond acceptors (Lipinski definition) is 4. The molecular weight excluding hydrogens is 414 g/mol. The van der Waals surface area contributed by atoms with Gasteiger partial charge in [0, 0.05) is 30.8 Å². The second kappa shape index (κ2) is 8.67. The van der Waals surface area contributed by atoms with Gasteiger partial charge in [0.05, 0.1) is 23.5 Å². The number of amides is 2. The van der Waals surface area contributed by atoms with E-state index in [1.54, 1.807) is 4.90 Å². The maximum atomic E-state index is 13.8. The summed E-state index contributed by atoms with van der Waals surface area (Å²) in [4.78, 5) is 29.1. The predicted octanol–water partition coefficient (Wildman–Crippen LogP) is 5.19. The van der Waals surface area contributed by atoms with Gasteiger partial charge in [-0.25, -0.2) is 4.79 Å². The van der Waals surface area contributed by atoms with Gasteiger partial charge in [-0.1, -0.05) is 56.3 Å². The van der Waals surface area contributed by atoms with Crippen LogP contribution in [0.25, 0.3) is 0 Å². The highest BCUT2D eigenvalue weighted by Crippen LogP contribution is 2.48. The molecule has 2 aromatic carbocycles. The van der Waals surface area contributed by atoms with E-state index in [9.17, 15) is 9.59 Å². The summed E-state index contributed by atoms with van der Waals surface area (Å²) in [5, 5.41) is 6.63. The molecule has 0 spiro atoms. The van der Waals surface area contributed by atoms with Crippen LogP contribution in [0.2, 0.25) is 0 Å². The van der Waals surface area contributed by atoms with Crippen molar-refractivity contribution in [3.05, 3.63) is 71.4 Å². The van der Waals surface area contributed by atoms with Crippen LogP contribution in [0.1, 0.15) is 51.1 Å². The summed E-state index contributed by atoms with van der Waals surface area (Å²) in [5.41, 5.74) is 3.97. The van der Waals surface area contributed by atoms with Gasteiger partial charge in [0.15, 0.2) is 5.78 Å². The first-order valence-corrected chi connectivity index (χ1v) is 11.8. The number of anilines is 2. The molecule has 3 aliphatic rings. The molecular formula is C27H31N3O3. The van der Waals surface area contributed by atoms with Crippen molar-refractivity contribution in [2.45, 2.75) is 51.7 Å². The van der Waals surface area contributed by atoms with E-state index in [-0.39, 0.29) is 23.3 Å². The monoisotopic (exact) mass is 445 g/mol. The third kappa shape index (κ3) is 4.27. The average molecular weight is 446 g/mol. The van der Waals surface area contributed by atoms with Crippen molar-refractivity contribution in [3.63, 3.8) is 0 Å². The van der Waals surface area contributed by atoms with Crippen molar-refractivity contribution in [1.82, 2.24) is 5.32 Å². The summed E-state index contributed by atoms with van der Waals surface area (Å²) in [5.74, 6) is 0.0901. The molecule has 6 nitrogen and oxygen atoms in total. The fraction of sp³-hybridized carbons (Fsp3) is 0.407. The van der Waals surface area contributed by atoms with Crippen molar-refractivity contribution in [3.8, 4) is 0 Å². The first-order chi connectivity index (χ1) is 15.9. The standard InChI is InChI=1S/C27H31N3O3/c1-27(2)15-21-24(23(31)16-27)25(18-9-4-3-5-10-18)30(22-13-7-6-12-20(22)29-21)26(32)28-17-19-11-8-14-33-19/h3-7,9-10,12-13,19,25,29H,8,11,14-17H2,1-2H3,(H,28,32). The number of fused-ring (bicyclic) bond motifs is 1. The molecule has 0 aromatic heterocycles. The summed E-state index contributed by atoms with van der Waals surface area (Å²) < 4.78 is 5.71. The smallest absolute Gasteiger partial charge is 0.322 e. The van der Waals surface area contributed by atoms with E-state index in [4.69, 9.17) is 4.74 Å². The SMILES string of the molecule is CC1(C)CC(=O)C2=C(C1)Nc1ccccc1N(C(=O)NCC1CCCO1)C2c1ccccc1. The van der Waals surface area contributed by atoms with Crippen molar-refractivity contribution in [1.29, 1.82) is 0 Å². The molecule has 33 heavy (non-hydrogen) atoms. The van der Waals surface area contributed by atoms with Gasteiger partial charge in [-0.05, 0) is 42.4 Å².